The van der Waals surface area contributed by atoms with Crippen molar-refractivity contribution in [1.82, 2.24) is 20.0 Å². The average Bonchev–Trinajstić information content (AvgIpc) is 3.24. The lowest BCUT2D eigenvalue weighted by Gasteiger charge is -2.10. The van der Waals surface area contributed by atoms with Crippen LogP contribution in [0.5, 0.6) is 5.75 Å². The predicted octanol–water partition coefficient (Wildman–Crippen LogP) is 4.61. The second kappa shape index (κ2) is 6.48. The Kier molecular flexibility index (Phi) is 3.83. The van der Waals surface area contributed by atoms with Crippen LogP contribution in [0.4, 0.5) is 11.5 Å². The molecule has 5 rings (SSSR count). The first kappa shape index (κ1) is 16.0. The summed E-state index contributed by atoms with van der Waals surface area (Å²) in [6.45, 7) is 1.15. The van der Waals surface area contributed by atoms with Crippen LogP contribution in [0.3, 0.4) is 0 Å². The molecule has 134 valence electrons. The molecule has 27 heavy (non-hydrogen) atoms. The molecule has 2 N–H and O–H groups in total. The van der Waals surface area contributed by atoms with Crippen LogP contribution >= 0.6 is 11.6 Å². The van der Waals surface area contributed by atoms with E-state index in [9.17, 15) is 0 Å². The number of nitrogens with one attached hydrogen (secondary N) is 2. The molecular formula is C20H16ClN5O. The molecule has 6 nitrogen and oxygen atoms in total. The highest BCUT2D eigenvalue weighted by Gasteiger charge is 2.17. The van der Waals surface area contributed by atoms with Crippen LogP contribution in [0.15, 0.2) is 60.7 Å². The molecule has 1 aliphatic heterocycles. The van der Waals surface area contributed by atoms with Crippen molar-refractivity contribution in [3.8, 4) is 17.0 Å². The fourth-order valence-corrected chi connectivity index (χ4v) is 3.32. The zero-order valence-electron chi connectivity index (χ0n) is 14.3. The third kappa shape index (κ3) is 3.15. The number of ether oxygens (including phenoxy) is 1. The van der Waals surface area contributed by atoms with Gasteiger partial charge in [-0.1, -0.05) is 48.0 Å². The summed E-state index contributed by atoms with van der Waals surface area (Å²) < 4.78 is 8.06. The minimum absolute atomic E-state index is 0.477. The van der Waals surface area contributed by atoms with Crippen molar-refractivity contribution in [1.29, 1.82) is 0 Å². The summed E-state index contributed by atoms with van der Waals surface area (Å²) in [6.07, 6.45) is 0. The van der Waals surface area contributed by atoms with Gasteiger partial charge in [-0.3, -0.25) is 9.78 Å². The lowest BCUT2D eigenvalue weighted by molar-refractivity contribution is 0.302. The topological polar surface area (TPSA) is 67.8 Å². The maximum atomic E-state index is 6.05. The number of hydrogen-bond acceptors (Lipinski definition) is 4. The minimum Gasteiger partial charge on any atom is -0.487 e. The molecule has 0 atom stereocenters. The molecule has 0 bridgehead atoms. The van der Waals surface area contributed by atoms with Crippen LogP contribution in [-0.2, 0) is 13.2 Å². The molecule has 0 aliphatic carbocycles. The fraction of sp³-hybridized carbons (Fsp3) is 0.100. The Labute approximate surface area is 160 Å². The summed E-state index contributed by atoms with van der Waals surface area (Å²) in [5, 5.41) is 15.2. The second-order valence-corrected chi connectivity index (χ2v) is 6.79. The van der Waals surface area contributed by atoms with E-state index >= 15 is 0 Å². The second-order valence-electron chi connectivity index (χ2n) is 6.38. The molecule has 4 aromatic rings. The van der Waals surface area contributed by atoms with Crippen molar-refractivity contribution in [2.75, 3.05) is 5.32 Å². The van der Waals surface area contributed by atoms with Crippen molar-refractivity contribution in [3.63, 3.8) is 0 Å². The Morgan fingerprint density at radius 2 is 1.96 bits per heavy atom. The van der Waals surface area contributed by atoms with Crippen LogP contribution in [0, 0.1) is 0 Å². The molecule has 0 unspecified atom stereocenters. The molecule has 0 spiro atoms. The van der Waals surface area contributed by atoms with E-state index in [-0.39, 0.29) is 0 Å². The minimum atomic E-state index is 0.477. The third-order valence-corrected chi connectivity index (χ3v) is 4.71. The van der Waals surface area contributed by atoms with E-state index in [0.717, 1.165) is 34.0 Å². The first-order valence-electron chi connectivity index (χ1n) is 8.60. The number of H-pyrrole nitrogens is 1. The van der Waals surface area contributed by atoms with Gasteiger partial charge in [-0.05, 0) is 12.1 Å². The van der Waals surface area contributed by atoms with Gasteiger partial charge in [0.05, 0.1) is 17.9 Å². The number of aromatic nitrogens is 4. The van der Waals surface area contributed by atoms with Crippen LogP contribution in [-0.4, -0.2) is 20.0 Å². The van der Waals surface area contributed by atoms with Gasteiger partial charge in [0.2, 0.25) is 0 Å². The first-order valence-corrected chi connectivity index (χ1v) is 8.98. The predicted molar refractivity (Wildman–Crippen MR) is 104 cm³/mol. The summed E-state index contributed by atoms with van der Waals surface area (Å²) in [4.78, 5) is 0. The largest absolute Gasteiger partial charge is 0.487 e. The van der Waals surface area contributed by atoms with Gasteiger partial charge in [0.15, 0.2) is 5.82 Å². The number of hydrogen-bond donors (Lipinski definition) is 2. The normalized spacial score (nSPS) is 12.6. The maximum absolute atomic E-state index is 6.05. The van der Waals surface area contributed by atoms with Crippen LogP contribution < -0.4 is 10.1 Å². The molecule has 0 saturated heterocycles. The molecule has 2 aromatic carbocycles. The Morgan fingerprint density at radius 3 is 2.78 bits per heavy atom. The lowest BCUT2D eigenvalue weighted by Crippen LogP contribution is -2.03. The Balaban J connectivity index is 1.41. The molecule has 2 aromatic heterocycles. The number of fused-ring (bicyclic) bond motifs is 2. The van der Waals surface area contributed by atoms with Crippen molar-refractivity contribution in [3.05, 3.63) is 77.1 Å². The lowest BCUT2D eigenvalue weighted by atomic mass is 10.1. The van der Waals surface area contributed by atoms with Crippen molar-refractivity contribution < 1.29 is 4.74 Å². The van der Waals surface area contributed by atoms with Gasteiger partial charge in [-0.15, -0.1) is 0 Å². The molecule has 0 amide bonds. The zero-order chi connectivity index (χ0) is 18.2. The van der Waals surface area contributed by atoms with Gasteiger partial charge in [0.25, 0.3) is 0 Å². The molecular weight excluding hydrogens is 362 g/mol. The molecule has 1 aliphatic rings. The molecule has 0 radical (unpaired) electrons. The smallest absolute Gasteiger partial charge is 0.153 e. The summed E-state index contributed by atoms with van der Waals surface area (Å²) in [6, 6.07) is 20.0. The summed E-state index contributed by atoms with van der Waals surface area (Å²) in [5.74, 6) is 1.50. The van der Waals surface area contributed by atoms with E-state index in [1.807, 2.05) is 41.1 Å². The van der Waals surface area contributed by atoms with E-state index in [4.69, 9.17) is 21.4 Å². The first-order chi connectivity index (χ1) is 13.2. The van der Waals surface area contributed by atoms with E-state index < -0.39 is 0 Å². The highest BCUT2D eigenvalue weighted by molar-refractivity contribution is 6.29. The number of benzene rings is 2. The monoisotopic (exact) mass is 377 g/mol. The van der Waals surface area contributed by atoms with Crippen LogP contribution in [0.2, 0.25) is 5.15 Å². The number of nitrogens with zero attached hydrogens (tertiary/aromatic N) is 3. The number of halogens is 1. The van der Waals surface area contributed by atoms with Gasteiger partial charge < -0.3 is 10.1 Å². The molecule has 0 fully saturated rings. The van der Waals surface area contributed by atoms with E-state index in [1.165, 1.54) is 0 Å². The average molecular weight is 378 g/mol. The fourth-order valence-electron chi connectivity index (χ4n) is 3.18. The molecule has 3 heterocycles. The Bertz CT molecular complexity index is 1100. The van der Waals surface area contributed by atoms with Gasteiger partial charge in [0, 0.05) is 28.9 Å². The Morgan fingerprint density at radius 1 is 1.07 bits per heavy atom. The van der Waals surface area contributed by atoms with Gasteiger partial charge >= 0.3 is 0 Å². The molecule has 7 heteroatoms. The zero-order valence-corrected chi connectivity index (χ0v) is 15.1. The standard InChI is InChI=1S/C20H16ClN5O/c21-19-10-20(24-23-19)22-15-7-6-14-11-26-16(12-27-18(14)8-15)9-17(25-26)13-4-2-1-3-5-13/h1-10H,11-12H2,(H2,22,23,24). The summed E-state index contributed by atoms with van der Waals surface area (Å²) in [7, 11) is 0. The third-order valence-electron chi connectivity index (χ3n) is 4.51. The van der Waals surface area contributed by atoms with Crippen LogP contribution in [0.25, 0.3) is 11.3 Å². The quantitative estimate of drug-likeness (QED) is 0.547. The highest BCUT2D eigenvalue weighted by Crippen LogP contribution is 2.30. The van der Waals surface area contributed by atoms with Crippen molar-refractivity contribution in [2.45, 2.75) is 13.2 Å². The van der Waals surface area contributed by atoms with Crippen molar-refractivity contribution >= 4 is 23.1 Å². The van der Waals surface area contributed by atoms with Crippen molar-refractivity contribution in [2.24, 2.45) is 0 Å². The van der Waals surface area contributed by atoms with Gasteiger partial charge in [-0.2, -0.15) is 10.2 Å². The van der Waals surface area contributed by atoms with E-state index in [0.29, 0.717) is 24.1 Å². The number of rotatable bonds is 3. The summed E-state index contributed by atoms with van der Waals surface area (Å²) in [5.41, 5.74) is 5.10. The highest BCUT2D eigenvalue weighted by atomic mass is 35.5. The van der Waals surface area contributed by atoms with Gasteiger partial charge in [0.1, 0.15) is 17.5 Å². The number of aromatic amines is 1. The van der Waals surface area contributed by atoms with Gasteiger partial charge in [-0.25, -0.2) is 0 Å². The summed E-state index contributed by atoms with van der Waals surface area (Å²) >= 11 is 5.87. The van der Waals surface area contributed by atoms with Crippen LogP contribution in [0.1, 0.15) is 11.3 Å². The SMILES string of the molecule is Clc1cc(Nc2ccc3c(c2)OCc2cc(-c4ccccc4)nn2C3)n[nH]1. The Hall–Kier alpha value is -3.25. The number of anilines is 2. The maximum Gasteiger partial charge on any atom is 0.153 e. The molecule has 0 saturated carbocycles. The van der Waals surface area contributed by atoms with E-state index in [1.54, 1.807) is 6.07 Å². The van der Waals surface area contributed by atoms with E-state index in [2.05, 4.69) is 33.7 Å².